The normalized spacial score (nSPS) is 27.0. The Hall–Kier alpha value is -2.24. The Morgan fingerprint density at radius 3 is 2.04 bits per heavy atom. The molecule has 11 nitrogen and oxygen atoms in total. The van der Waals surface area contributed by atoms with E-state index in [4.69, 9.17) is 28.4 Å². The molecule has 1 heterocycles. The third-order valence-electron chi connectivity index (χ3n) is 3.40. The molecule has 0 radical (unpaired) electrons. The molecular formula is C17H26O11. The van der Waals surface area contributed by atoms with Crippen molar-refractivity contribution >= 4 is 23.9 Å². The maximum absolute atomic E-state index is 11.7. The number of carbonyl (C=O) groups excluding carboxylic acids is 4. The van der Waals surface area contributed by atoms with E-state index < -0.39 is 61.2 Å². The Kier molecular flexibility index (Phi) is 9.29. The van der Waals surface area contributed by atoms with Gasteiger partial charge in [0.25, 0.3) is 0 Å². The van der Waals surface area contributed by atoms with Crippen LogP contribution in [0.5, 0.6) is 0 Å². The van der Waals surface area contributed by atoms with Gasteiger partial charge in [-0.1, -0.05) is 0 Å². The van der Waals surface area contributed by atoms with Gasteiger partial charge in [0.1, 0.15) is 25.4 Å². The molecule has 1 aliphatic heterocycles. The SMILES string of the molecule is CC(=O)OC[C@H]1O[C@H](OCC(=O)OC(C)C)[C@H](O)[C@@H](OC(C)=O)[C@@H]1OC(C)=O. The molecule has 0 aliphatic carbocycles. The van der Waals surface area contributed by atoms with Crippen LogP contribution < -0.4 is 0 Å². The molecule has 160 valence electrons. The largest absolute Gasteiger partial charge is 0.463 e. The van der Waals surface area contributed by atoms with Gasteiger partial charge in [-0.25, -0.2) is 4.79 Å². The molecule has 0 aromatic rings. The minimum absolute atomic E-state index is 0.367. The summed E-state index contributed by atoms with van der Waals surface area (Å²) >= 11 is 0. The number of hydrogen-bond donors (Lipinski definition) is 1. The van der Waals surface area contributed by atoms with Gasteiger partial charge in [-0.05, 0) is 13.8 Å². The van der Waals surface area contributed by atoms with Crippen LogP contribution in [-0.2, 0) is 47.6 Å². The van der Waals surface area contributed by atoms with Crippen molar-refractivity contribution in [2.45, 2.75) is 71.4 Å². The van der Waals surface area contributed by atoms with E-state index in [1.807, 2.05) is 0 Å². The van der Waals surface area contributed by atoms with Crippen LogP contribution >= 0.6 is 0 Å². The molecule has 0 bridgehead atoms. The molecule has 0 saturated carbocycles. The molecule has 28 heavy (non-hydrogen) atoms. The van der Waals surface area contributed by atoms with E-state index in [1.165, 1.54) is 0 Å². The summed E-state index contributed by atoms with van der Waals surface area (Å²) in [6.07, 6.45) is -7.15. The van der Waals surface area contributed by atoms with Crippen molar-refractivity contribution in [1.82, 2.24) is 0 Å². The Bertz CT molecular complexity index is 573. The second kappa shape index (κ2) is 10.9. The summed E-state index contributed by atoms with van der Waals surface area (Å²) in [4.78, 5) is 45.7. The Morgan fingerprint density at radius 2 is 1.54 bits per heavy atom. The highest BCUT2D eigenvalue weighted by Crippen LogP contribution is 2.27. The molecule has 0 amide bonds. The summed E-state index contributed by atoms with van der Waals surface area (Å²) in [5.74, 6) is -2.82. The van der Waals surface area contributed by atoms with Gasteiger partial charge in [-0.15, -0.1) is 0 Å². The van der Waals surface area contributed by atoms with Crippen LogP contribution in [-0.4, -0.2) is 79.0 Å². The molecule has 1 aliphatic rings. The summed E-state index contributed by atoms with van der Waals surface area (Å²) in [6.45, 7) is 5.77. The molecule has 0 unspecified atom stereocenters. The van der Waals surface area contributed by atoms with Crippen LogP contribution in [0.2, 0.25) is 0 Å². The average Bonchev–Trinajstić information content (AvgIpc) is 2.54. The first-order valence-corrected chi connectivity index (χ1v) is 8.63. The number of carbonyl (C=O) groups is 4. The topological polar surface area (TPSA) is 144 Å². The lowest BCUT2D eigenvalue weighted by Gasteiger charge is -2.42. The Morgan fingerprint density at radius 1 is 0.964 bits per heavy atom. The lowest BCUT2D eigenvalue weighted by Crippen LogP contribution is -2.62. The van der Waals surface area contributed by atoms with Crippen molar-refractivity contribution in [3.8, 4) is 0 Å². The van der Waals surface area contributed by atoms with Gasteiger partial charge >= 0.3 is 23.9 Å². The molecule has 0 aromatic carbocycles. The number of rotatable bonds is 8. The van der Waals surface area contributed by atoms with Crippen LogP contribution in [0.1, 0.15) is 34.6 Å². The first-order chi connectivity index (χ1) is 13.0. The molecule has 0 spiro atoms. The molecule has 1 saturated heterocycles. The molecular weight excluding hydrogens is 380 g/mol. The highest BCUT2D eigenvalue weighted by Gasteiger charge is 2.50. The summed E-state index contributed by atoms with van der Waals surface area (Å²) < 4.78 is 30.7. The zero-order valence-corrected chi connectivity index (χ0v) is 16.4. The monoisotopic (exact) mass is 406 g/mol. The lowest BCUT2D eigenvalue weighted by atomic mass is 9.98. The van der Waals surface area contributed by atoms with Crippen LogP contribution in [0, 0.1) is 0 Å². The smallest absolute Gasteiger partial charge is 0.332 e. The second-order valence-electron chi connectivity index (χ2n) is 6.33. The van der Waals surface area contributed by atoms with Gasteiger partial charge < -0.3 is 33.5 Å². The first kappa shape index (κ1) is 23.8. The number of hydrogen-bond acceptors (Lipinski definition) is 11. The molecule has 1 rings (SSSR count). The highest BCUT2D eigenvalue weighted by molar-refractivity contribution is 5.71. The molecule has 11 heteroatoms. The second-order valence-corrected chi connectivity index (χ2v) is 6.33. The van der Waals surface area contributed by atoms with Gasteiger partial charge in [-0.2, -0.15) is 0 Å². The van der Waals surface area contributed by atoms with Crippen molar-refractivity contribution < 1.29 is 52.7 Å². The van der Waals surface area contributed by atoms with Crippen LogP contribution in [0.15, 0.2) is 0 Å². The quantitative estimate of drug-likeness (QED) is 0.410. The summed E-state index contributed by atoms with van der Waals surface area (Å²) in [7, 11) is 0. The third-order valence-corrected chi connectivity index (χ3v) is 3.40. The minimum atomic E-state index is -1.59. The van der Waals surface area contributed by atoms with Crippen LogP contribution in [0.25, 0.3) is 0 Å². The van der Waals surface area contributed by atoms with Gasteiger partial charge in [-0.3, -0.25) is 14.4 Å². The average molecular weight is 406 g/mol. The highest BCUT2D eigenvalue weighted by atomic mass is 16.7. The Balaban J connectivity index is 2.99. The number of esters is 4. The first-order valence-electron chi connectivity index (χ1n) is 8.63. The minimum Gasteiger partial charge on any atom is -0.463 e. The standard InChI is InChI=1S/C17H26O11/c1-8(2)25-13(21)7-24-17-14(22)16(27-11(5)20)15(26-10(4)19)12(28-17)6-23-9(3)18/h8,12,14-17,22H,6-7H2,1-5H3/t12-,14-,15-,16-,17+/m1/s1. The predicted molar refractivity (Wildman–Crippen MR) is 89.6 cm³/mol. The van der Waals surface area contributed by atoms with E-state index >= 15 is 0 Å². The van der Waals surface area contributed by atoms with Gasteiger partial charge in [0, 0.05) is 20.8 Å². The van der Waals surface area contributed by atoms with E-state index in [2.05, 4.69) is 0 Å². The fraction of sp³-hybridized carbons (Fsp3) is 0.765. The molecule has 1 N–H and O–H groups in total. The van der Waals surface area contributed by atoms with Crippen LogP contribution in [0.4, 0.5) is 0 Å². The van der Waals surface area contributed by atoms with E-state index in [9.17, 15) is 24.3 Å². The van der Waals surface area contributed by atoms with Crippen molar-refractivity contribution in [1.29, 1.82) is 0 Å². The third kappa shape index (κ3) is 7.79. The van der Waals surface area contributed by atoms with Crippen molar-refractivity contribution in [2.24, 2.45) is 0 Å². The number of ether oxygens (including phenoxy) is 6. The predicted octanol–water partition coefficient (Wildman–Crippen LogP) is -0.533. The fourth-order valence-corrected chi connectivity index (χ4v) is 2.47. The van der Waals surface area contributed by atoms with Gasteiger partial charge in [0.05, 0.1) is 6.10 Å². The zero-order chi connectivity index (χ0) is 21.4. The number of aliphatic hydroxyl groups is 1. The van der Waals surface area contributed by atoms with Crippen molar-refractivity contribution in [3.63, 3.8) is 0 Å². The van der Waals surface area contributed by atoms with E-state index in [1.54, 1.807) is 13.8 Å². The van der Waals surface area contributed by atoms with E-state index in [0.29, 0.717) is 0 Å². The molecule has 5 atom stereocenters. The van der Waals surface area contributed by atoms with Crippen molar-refractivity contribution in [2.75, 3.05) is 13.2 Å². The maximum Gasteiger partial charge on any atom is 0.332 e. The fourth-order valence-electron chi connectivity index (χ4n) is 2.47. The van der Waals surface area contributed by atoms with Crippen molar-refractivity contribution in [3.05, 3.63) is 0 Å². The van der Waals surface area contributed by atoms with Gasteiger partial charge in [0.15, 0.2) is 18.5 Å². The number of aliphatic hydroxyl groups excluding tert-OH is 1. The van der Waals surface area contributed by atoms with Gasteiger partial charge in [0.2, 0.25) is 0 Å². The Labute approximate surface area is 162 Å². The van der Waals surface area contributed by atoms with E-state index in [-0.39, 0.29) is 12.7 Å². The van der Waals surface area contributed by atoms with Crippen LogP contribution in [0.3, 0.4) is 0 Å². The zero-order valence-electron chi connectivity index (χ0n) is 16.4. The summed E-state index contributed by atoms with van der Waals surface area (Å²) in [5, 5.41) is 10.5. The lowest BCUT2D eigenvalue weighted by molar-refractivity contribution is -0.305. The summed E-state index contributed by atoms with van der Waals surface area (Å²) in [5.41, 5.74) is 0. The maximum atomic E-state index is 11.7. The molecule has 0 aromatic heterocycles. The molecule has 1 fully saturated rings. The van der Waals surface area contributed by atoms with E-state index in [0.717, 1.165) is 20.8 Å². The summed E-state index contributed by atoms with van der Waals surface area (Å²) in [6, 6.07) is 0.